The molecule has 1 aromatic heterocycles. The van der Waals surface area contributed by atoms with Crippen molar-refractivity contribution in [3.63, 3.8) is 0 Å². The van der Waals surface area contributed by atoms with Gasteiger partial charge in [0.2, 0.25) is 5.91 Å². The Labute approximate surface area is 144 Å². The number of ketones is 1. The van der Waals surface area contributed by atoms with Crippen LogP contribution in [0.1, 0.15) is 23.7 Å². The molecule has 0 fully saturated rings. The van der Waals surface area contributed by atoms with Gasteiger partial charge in [0.25, 0.3) is 0 Å². The van der Waals surface area contributed by atoms with Gasteiger partial charge in [0.1, 0.15) is 0 Å². The fraction of sp³-hybridized carbons (Fsp3) is 0.167. The quantitative estimate of drug-likeness (QED) is 0.715. The number of halogens is 1. The van der Waals surface area contributed by atoms with Gasteiger partial charge in [0, 0.05) is 28.1 Å². The van der Waals surface area contributed by atoms with E-state index in [2.05, 4.69) is 10.4 Å². The first-order valence-electron chi connectivity index (χ1n) is 7.55. The number of anilines is 1. The smallest absolute Gasteiger partial charge is 0.226 e. The van der Waals surface area contributed by atoms with E-state index in [9.17, 15) is 9.59 Å². The average molecular weight is 342 g/mol. The number of nitrogens with zero attached hydrogens (tertiary/aromatic N) is 2. The van der Waals surface area contributed by atoms with Gasteiger partial charge in [0.05, 0.1) is 18.3 Å². The molecule has 0 saturated heterocycles. The van der Waals surface area contributed by atoms with Crippen LogP contribution >= 0.6 is 11.6 Å². The fourth-order valence-electron chi connectivity index (χ4n) is 2.48. The van der Waals surface area contributed by atoms with Gasteiger partial charge in [-0.25, -0.2) is 0 Å². The lowest BCUT2D eigenvalue weighted by molar-refractivity contribution is -0.116. The van der Waals surface area contributed by atoms with Crippen LogP contribution in [0.5, 0.6) is 0 Å². The van der Waals surface area contributed by atoms with Crippen LogP contribution in [0.4, 0.5) is 5.69 Å². The lowest BCUT2D eigenvalue weighted by Crippen LogP contribution is -2.15. The second-order valence-electron chi connectivity index (χ2n) is 5.51. The lowest BCUT2D eigenvalue weighted by Gasteiger charge is -2.07. The summed E-state index contributed by atoms with van der Waals surface area (Å²) in [6.07, 6.45) is 2.01. The first-order chi connectivity index (χ1) is 11.5. The molecule has 6 heteroatoms. The van der Waals surface area contributed by atoms with Gasteiger partial charge in [-0.2, -0.15) is 5.10 Å². The summed E-state index contributed by atoms with van der Waals surface area (Å²) in [6, 6.07) is 12.4. The van der Waals surface area contributed by atoms with Crippen molar-refractivity contribution in [2.75, 3.05) is 5.32 Å². The second-order valence-corrected chi connectivity index (χ2v) is 5.94. The maximum atomic E-state index is 12.1. The highest BCUT2D eigenvalue weighted by atomic mass is 35.5. The van der Waals surface area contributed by atoms with Gasteiger partial charge in [0.15, 0.2) is 5.78 Å². The molecule has 3 aromatic rings. The van der Waals surface area contributed by atoms with Crippen LogP contribution in [0, 0.1) is 0 Å². The van der Waals surface area contributed by atoms with Crippen molar-refractivity contribution in [3.8, 4) is 0 Å². The zero-order valence-corrected chi connectivity index (χ0v) is 13.9. The van der Waals surface area contributed by atoms with Crippen LogP contribution in [0.25, 0.3) is 10.9 Å². The van der Waals surface area contributed by atoms with E-state index in [1.807, 2.05) is 12.1 Å². The molecule has 5 nitrogen and oxygen atoms in total. The number of carbonyl (C=O) groups excluding carboxylic acids is 2. The summed E-state index contributed by atoms with van der Waals surface area (Å²) in [6.45, 7) is 1.96. The highest BCUT2D eigenvalue weighted by Gasteiger charge is 2.08. The highest BCUT2D eigenvalue weighted by molar-refractivity contribution is 6.31. The molecule has 3 rings (SSSR count). The third-order valence-electron chi connectivity index (χ3n) is 3.71. The maximum Gasteiger partial charge on any atom is 0.226 e. The zero-order valence-electron chi connectivity index (χ0n) is 13.1. The minimum atomic E-state index is -0.131. The number of hydrogen-bond acceptors (Lipinski definition) is 3. The zero-order chi connectivity index (χ0) is 17.1. The number of aromatic nitrogens is 2. The fourth-order valence-corrected chi connectivity index (χ4v) is 2.66. The van der Waals surface area contributed by atoms with Gasteiger partial charge < -0.3 is 5.32 Å². The number of rotatable bonds is 5. The molecule has 0 unspecified atom stereocenters. The van der Waals surface area contributed by atoms with Crippen LogP contribution in [0.15, 0.2) is 48.7 Å². The third-order valence-corrected chi connectivity index (χ3v) is 3.94. The van der Waals surface area contributed by atoms with E-state index in [1.54, 1.807) is 41.2 Å². The van der Waals surface area contributed by atoms with E-state index in [0.29, 0.717) is 22.8 Å². The Kier molecular flexibility index (Phi) is 4.62. The van der Waals surface area contributed by atoms with E-state index >= 15 is 0 Å². The molecule has 0 atom stereocenters. The number of benzene rings is 2. The molecule has 0 aliphatic carbocycles. The van der Waals surface area contributed by atoms with Crippen molar-refractivity contribution in [2.24, 2.45) is 0 Å². The van der Waals surface area contributed by atoms with Crippen LogP contribution in [-0.2, 0) is 11.3 Å². The monoisotopic (exact) mass is 341 g/mol. The molecule has 122 valence electrons. The topological polar surface area (TPSA) is 64.0 Å². The van der Waals surface area contributed by atoms with E-state index in [1.165, 1.54) is 6.92 Å². The summed E-state index contributed by atoms with van der Waals surface area (Å²) in [5.41, 5.74) is 2.12. The summed E-state index contributed by atoms with van der Waals surface area (Å²) in [7, 11) is 0. The molecule has 2 aromatic carbocycles. The molecule has 0 radical (unpaired) electrons. The Balaban J connectivity index is 1.65. The Hall–Kier alpha value is -2.66. The van der Waals surface area contributed by atoms with Crippen molar-refractivity contribution in [2.45, 2.75) is 19.9 Å². The largest absolute Gasteiger partial charge is 0.326 e. The Morgan fingerprint density at radius 2 is 2.04 bits per heavy atom. The molecule has 1 N–H and O–H groups in total. The van der Waals surface area contributed by atoms with E-state index in [4.69, 9.17) is 11.6 Å². The molecule has 0 spiro atoms. The first-order valence-corrected chi connectivity index (χ1v) is 7.92. The summed E-state index contributed by atoms with van der Waals surface area (Å²) >= 11 is 5.96. The van der Waals surface area contributed by atoms with Crippen molar-refractivity contribution >= 4 is 39.9 Å². The number of hydrogen-bond donors (Lipinski definition) is 1. The minimum absolute atomic E-state index is 0.0345. The normalized spacial score (nSPS) is 10.8. The number of nitrogens with one attached hydrogen (secondary N) is 1. The van der Waals surface area contributed by atoms with E-state index in [0.717, 1.165) is 10.9 Å². The Morgan fingerprint density at radius 3 is 2.83 bits per heavy atom. The summed E-state index contributed by atoms with van der Waals surface area (Å²) in [5.74, 6) is -0.166. The minimum Gasteiger partial charge on any atom is -0.326 e. The molecule has 0 bridgehead atoms. The van der Waals surface area contributed by atoms with Gasteiger partial charge in [-0.3, -0.25) is 14.3 Å². The van der Waals surface area contributed by atoms with Crippen LogP contribution in [0.2, 0.25) is 5.02 Å². The van der Waals surface area contributed by atoms with Gasteiger partial charge in [-0.15, -0.1) is 0 Å². The number of aryl methyl sites for hydroxylation is 1. The van der Waals surface area contributed by atoms with Gasteiger partial charge in [-0.05, 0) is 37.3 Å². The van der Waals surface area contributed by atoms with Crippen molar-refractivity contribution in [1.82, 2.24) is 9.78 Å². The number of amides is 1. The summed E-state index contributed by atoms with van der Waals surface area (Å²) in [5, 5.41) is 8.69. The standard InChI is InChI=1S/C18H16ClN3O2/c1-12(23)13-3-2-4-16(10-13)21-18(24)7-8-22-17-6-5-15(19)9-14(17)11-20-22/h2-6,9-11H,7-8H2,1H3,(H,21,24). The number of fused-ring (bicyclic) bond motifs is 1. The number of carbonyl (C=O) groups is 2. The molecule has 1 amide bonds. The first kappa shape index (κ1) is 16.2. The molecular formula is C18H16ClN3O2. The second kappa shape index (κ2) is 6.84. The molecule has 0 aliphatic rings. The average Bonchev–Trinajstić information content (AvgIpc) is 2.95. The van der Waals surface area contributed by atoms with Crippen molar-refractivity contribution in [1.29, 1.82) is 0 Å². The number of Topliss-reactive ketones (excluding diaryl/α,β-unsaturated/α-hetero) is 1. The lowest BCUT2D eigenvalue weighted by atomic mass is 10.1. The predicted molar refractivity (Wildman–Crippen MR) is 94.4 cm³/mol. The Bertz CT molecular complexity index is 918. The van der Waals surface area contributed by atoms with Crippen LogP contribution < -0.4 is 5.32 Å². The summed E-state index contributed by atoms with van der Waals surface area (Å²) < 4.78 is 1.78. The molecule has 24 heavy (non-hydrogen) atoms. The van der Waals surface area contributed by atoms with Crippen molar-refractivity contribution in [3.05, 3.63) is 59.2 Å². The molecule has 0 aliphatic heterocycles. The highest BCUT2D eigenvalue weighted by Crippen LogP contribution is 2.19. The van der Waals surface area contributed by atoms with Crippen molar-refractivity contribution < 1.29 is 9.59 Å². The van der Waals surface area contributed by atoms with E-state index in [-0.39, 0.29) is 18.1 Å². The van der Waals surface area contributed by atoms with E-state index < -0.39 is 0 Å². The predicted octanol–water partition coefficient (Wildman–Crippen LogP) is 3.92. The Morgan fingerprint density at radius 1 is 1.21 bits per heavy atom. The van der Waals surface area contributed by atoms with Gasteiger partial charge in [-0.1, -0.05) is 23.7 Å². The maximum absolute atomic E-state index is 12.1. The van der Waals surface area contributed by atoms with Crippen LogP contribution in [-0.4, -0.2) is 21.5 Å². The molecule has 1 heterocycles. The van der Waals surface area contributed by atoms with Crippen LogP contribution in [0.3, 0.4) is 0 Å². The molecule has 0 saturated carbocycles. The van der Waals surface area contributed by atoms with Gasteiger partial charge >= 0.3 is 0 Å². The molecular weight excluding hydrogens is 326 g/mol. The summed E-state index contributed by atoms with van der Waals surface area (Å²) in [4.78, 5) is 23.5. The SMILES string of the molecule is CC(=O)c1cccc(NC(=O)CCn2ncc3cc(Cl)ccc32)c1. The third kappa shape index (κ3) is 3.63.